The first-order valence-electron chi connectivity index (χ1n) is 3.25. The van der Waals surface area contributed by atoms with Gasteiger partial charge in [-0.2, -0.15) is 10.2 Å². The maximum absolute atomic E-state index is 3.92. The molecule has 0 saturated carbocycles. The molecule has 0 heterocycles. The van der Waals surface area contributed by atoms with Gasteiger partial charge in [0.1, 0.15) is 13.3 Å². The number of rotatable bonds is 4. The van der Waals surface area contributed by atoms with E-state index in [1.54, 1.807) is 0 Å². The first-order valence-corrected chi connectivity index (χ1v) is 3.25. The third-order valence-corrected chi connectivity index (χ3v) is 0.792. The lowest BCUT2D eigenvalue weighted by Gasteiger charge is -2.04. The SMILES string of the molecule is CN(C)C/N=N\CN(C)C. The molecule has 0 amide bonds. The zero-order valence-electron chi connectivity index (χ0n) is 7.20. The van der Waals surface area contributed by atoms with Crippen molar-refractivity contribution in [2.75, 3.05) is 41.5 Å². The summed E-state index contributed by atoms with van der Waals surface area (Å²) in [5.41, 5.74) is 0. The average molecular weight is 144 g/mol. The van der Waals surface area contributed by atoms with Crippen LogP contribution in [0.1, 0.15) is 0 Å². The lowest BCUT2D eigenvalue weighted by atomic mass is 10.9. The Bertz CT molecular complexity index is 85.9. The van der Waals surface area contributed by atoms with Gasteiger partial charge < -0.3 is 0 Å². The molecule has 0 aromatic rings. The van der Waals surface area contributed by atoms with Crippen molar-refractivity contribution in [1.29, 1.82) is 0 Å². The first kappa shape index (κ1) is 9.52. The highest BCUT2D eigenvalue weighted by Gasteiger charge is 1.84. The summed E-state index contributed by atoms with van der Waals surface area (Å²) in [5, 5.41) is 7.84. The van der Waals surface area contributed by atoms with Crippen molar-refractivity contribution < 1.29 is 0 Å². The van der Waals surface area contributed by atoms with Gasteiger partial charge in [-0.1, -0.05) is 0 Å². The Hall–Kier alpha value is -0.480. The molecule has 0 radical (unpaired) electrons. The summed E-state index contributed by atoms with van der Waals surface area (Å²) in [5.74, 6) is 0. The van der Waals surface area contributed by atoms with Crippen molar-refractivity contribution >= 4 is 0 Å². The van der Waals surface area contributed by atoms with E-state index < -0.39 is 0 Å². The van der Waals surface area contributed by atoms with E-state index in [0.29, 0.717) is 13.3 Å². The van der Waals surface area contributed by atoms with Crippen molar-refractivity contribution in [3.8, 4) is 0 Å². The van der Waals surface area contributed by atoms with Crippen LogP contribution in [0.4, 0.5) is 0 Å². The first-order chi connectivity index (χ1) is 4.63. The highest BCUT2D eigenvalue weighted by atomic mass is 15.3. The molecular weight excluding hydrogens is 128 g/mol. The van der Waals surface area contributed by atoms with Crippen LogP contribution in [0, 0.1) is 0 Å². The number of hydrogen-bond acceptors (Lipinski definition) is 4. The molecule has 0 unspecified atom stereocenters. The predicted molar refractivity (Wildman–Crippen MR) is 42.0 cm³/mol. The fraction of sp³-hybridized carbons (Fsp3) is 1.00. The van der Waals surface area contributed by atoms with E-state index in [0.717, 1.165) is 0 Å². The summed E-state index contributed by atoms with van der Waals surface area (Å²) in [6, 6.07) is 0. The van der Waals surface area contributed by atoms with Crippen LogP contribution in [0.3, 0.4) is 0 Å². The highest BCUT2D eigenvalue weighted by Crippen LogP contribution is 1.80. The minimum absolute atomic E-state index is 0.674. The normalized spacial score (nSPS) is 12.2. The third kappa shape index (κ3) is 7.52. The molecule has 0 aromatic carbocycles. The fourth-order valence-electron chi connectivity index (χ4n) is 0.342. The Morgan fingerprint density at radius 3 is 1.30 bits per heavy atom. The Balaban J connectivity index is 3.20. The van der Waals surface area contributed by atoms with E-state index in [-0.39, 0.29) is 0 Å². The molecule has 0 fully saturated rings. The number of hydrogen-bond donors (Lipinski definition) is 0. The van der Waals surface area contributed by atoms with Crippen molar-refractivity contribution in [2.45, 2.75) is 0 Å². The lowest BCUT2D eigenvalue weighted by molar-refractivity contribution is 0.382. The Morgan fingerprint density at radius 2 is 1.10 bits per heavy atom. The van der Waals surface area contributed by atoms with Gasteiger partial charge in [-0.15, -0.1) is 0 Å². The standard InChI is InChI=1S/C6H16N4/c1-9(2)5-7-8-6-10(3)4/h5-6H2,1-4H3/b8-7-. The van der Waals surface area contributed by atoms with E-state index >= 15 is 0 Å². The zero-order valence-corrected chi connectivity index (χ0v) is 7.20. The summed E-state index contributed by atoms with van der Waals surface area (Å²) in [7, 11) is 7.87. The Morgan fingerprint density at radius 1 is 0.800 bits per heavy atom. The molecule has 4 nitrogen and oxygen atoms in total. The van der Waals surface area contributed by atoms with Gasteiger partial charge in [0, 0.05) is 0 Å². The van der Waals surface area contributed by atoms with E-state index in [1.807, 2.05) is 38.0 Å². The largest absolute Gasteiger partial charge is 0.289 e. The molecule has 0 aromatic heterocycles. The second kappa shape index (κ2) is 5.32. The van der Waals surface area contributed by atoms with Gasteiger partial charge in [-0.25, -0.2) is 0 Å². The molecule has 0 aliphatic carbocycles. The summed E-state index contributed by atoms with van der Waals surface area (Å²) in [4.78, 5) is 3.94. The van der Waals surface area contributed by atoms with Crippen molar-refractivity contribution in [3.63, 3.8) is 0 Å². The summed E-state index contributed by atoms with van der Waals surface area (Å²) >= 11 is 0. The number of nitrogens with zero attached hydrogens (tertiary/aromatic N) is 4. The van der Waals surface area contributed by atoms with Crippen LogP contribution in [0.15, 0.2) is 10.2 Å². The van der Waals surface area contributed by atoms with Crippen LogP contribution < -0.4 is 0 Å². The van der Waals surface area contributed by atoms with Crippen LogP contribution in [0.2, 0.25) is 0 Å². The van der Waals surface area contributed by atoms with Gasteiger partial charge in [-0.05, 0) is 28.2 Å². The van der Waals surface area contributed by atoms with Crippen LogP contribution in [-0.2, 0) is 0 Å². The molecule has 0 saturated heterocycles. The van der Waals surface area contributed by atoms with Crippen LogP contribution in [0.5, 0.6) is 0 Å². The van der Waals surface area contributed by atoms with E-state index in [4.69, 9.17) is 0 Å². The number of azo groups is 1. The van der Waals surface area contributed by atoms with E-state index in [2.05, 4.69) is 10.2 Å². The quantitative estimate of drug-likeness (QED) is 0.537. The van der Waals surface area contributed by atoms with E-state index in [1.165, 1.54) is 0 Å². The Labute approximate surface area is 62.5 Å². The molecule has 0 rings (SSSR count). The lowest BCUT2D eigenvalue weighted by Crippen LogP contribution is -2.13. The topological polar surface area (TPSA) is 31.2 Å². The van der Waals surface area contributed by atoms with Gasteiger partial charge in [-0.3, -0.25) is 9.80 Å². The van der Waals surface area contributed by atoms with Gasteiger partial charge in [0.15, 0.2) is 0 Å². The van der Waals surface area contributed by atoms with Gasteiger partial charge in [0.25, 0.3) is 0 Å². The summed E-state index contributed by atoms with van der Waals surface area (Å²) in [6.07, 6.45) is 0. The minimum atomic E-state index is 0.674. The van der Waals surface area contributed by atoms with Gasteiger partial charge >= 0.3 is 0 Å². The van der Waals surface area contributed by atoms with Crippen LogP contribution in [0.25, 0.3) is 0 Å². The molecule has 10 heavy (non-hydrogen) atoms. The van der Waals surface area contributed by atoms with Crippen molar-refractivity contribution in [2.24, 2.45) is 10.2 Å². The van der Waals surface area contributed by atoms with Crippen LogP contribution >= 0.6 is 0 Å². The second-order valence-corrected chi connectivity index (χ2v) is 2.73. The smallest absolute Gasteiger partial charge is 0.112 e. The molecule has 0 spiro atoms. The second-order valence-electron chi connectivity index (χ2n) is 2.73. The fourth-order valence-corrected chi connectivity index (χ4v) is 0.342. The summed E-state index contributed by atoms with van der Waals surface area (Å²) < 4.78 is 0. The molecule has 0 aliphatic heterocycles. The monoisotopic (exact) mass is 144 g/mol. The van der Waals surface area contributed by atoms with Gasteiger partial charge in [0.05, 0.1) is 0 Å². The summed E-state index contributed by atoms with van der Waals surface area (Å²) in [6.45, 7) is 1.35. The predicted octanol–water partition coefficient (Wildman–Crippen LogP) is 0.477. The van der Waals surface area contributed by atoms with Crippen LogP contribution in [-0.4, -0.2) is 51.3 Å². The third-order valence-electron chi connectivity index (χ3n) is 0.792. The van der Waals surface area contributed by atoms with Gasteiger partial charge in [0.2, 0.25) is 0 Å². The Kier molecular flexibility index (Phi) is 5.06. The van der Waals surface area contributed by atoms with Crippen molar-refractivity contribution in [1.82, 2.24) is 9.80 Å². The molecule has 60 valence electrons. The minimum Gasteiger partial charge on any atom is -0.289 e. The molecule has 4 heteroatoms. The molecule has 0 N–H and O–H groups in total. The average Bonchev–Trinajstić information content (AvgIpc) is 1.79. The molecule has 0 bridgehead atoms. The maximum Gasteiger partial charge on any atom is 0.112 e. The van der Waals surface area contributed by atoms with E-state index in [9.17, 15) is 0 Å². The maximum atomic E-state index is 3.92. The highest BCUT2D eigenvalue weighted by molar-refractivity contribution is 4.36. The molecular formula is C6H16N4. The van der Waals surface area contributed by atoms with Crippen molar-refractivity contribution in [3.05, 3.63) is 0 Å². The molecule has 0 aliphatic rings. The zero-order chi connectivity index (χ0) is 7.98. The molecule has 0 atom stereocenters.